The average molecular weight is 455 g/mol. The Kier molecular flexibility index (Phi) is 6.99. The van der Waals surface area contributed by atoms with Gasteiger partial charge in [-0.15, -0.1) is 11.3 Å². The summed E-state index contributed by atoms with van der Waals surface area (Å²) < 4.78 is 6.94. The Balaban J connectivity index is 1.47. The summed E-state index contributed by atoms with van der Waals surface area (Å²) in [6.07, 6.45) is 10.2. The number of aryl methyl sites for hydroxylation is 1. The monoisotopic (exact) mass is 454 g/mol. The number of nitrogens with zero attached hydrogens (tertiary/aromatic N) is 2. The van der Waals surface area contributed by atoms with E-state index in [-0.39, 0.29) is 5.97 Å². The third-order valence-corrected chi connectivity index (χ3v) is 6.78. The Hall–Kier alpha value is -2.71. The number of thiophene rings is 1. The summed E-state index contributed by atoms with van der Waals surface area (Å²) in [6.45, 7) is 0.687. The number of anilines is 2. The van der Waals surface area contributed by atoms with E-state index in [4.69, 9.17) is 17.0 Å². The zero-order chi connectivity index (χ0) is 21.6. The van der Waals surface area contributed by atoms with Gasteiger partial charge in [-0.05, 0) is 49.0 Å². The number of rotatable bonds is 5. The molecule has 1 aromatic carbocycles. The number of hydrogen-bond donors (Lipinski definition) is 2. The van der Waals surface area contributed by atoms with Crippen LogP contribution in [-0.4, -0.2) is 28.0 Å². The summed E-state index contributed by atoms with van der Waals surface area (Å²) in [6, 6.07) is 10.2. The van der Waals surface area contributed by atoms with Crippen LogP contribution < -0.4 is 10.6 Å². The molecule has 0 saturated carbocycles. The maximum absolute atomic E-state index is 12.5. The summed E-state index contributed by atoms with van der Waals surface area (Å²) in [5.41, 5.74) is 3.73. The molecule has 2 heterocycles. The Morgan fingerprint density at radius 1 is 1.16 bits per heavy atom. The minimum atomic E-state index is -0.306. The minimum absolute atomic E-state index is 0.306. The molecule has 2 N–H and O–H groups in total. The van der Waals surface area contributed by atoms with Crippen LogP contribution in [0.5, 0.6) is 0 Å². The molecule has 8 heteroatoms. The summed E-state index contributed by atoms with van der Waals surface area (Å²) in [7, 11) is 1.43. The van der Waals surface area contributed by atoms with Crippen LogP contribution in [0.15, 0.2) is 42.7 Å². The number of thiocarbonyl (C=S) groups is 1. The number of aromatic nitrogens is 2. The Morgan fingerprint density at radius 3 is 2.71 bits per heavy atom. The highest BCUT2D eigenvalue weighted by atomic mass is 32.1. The number of methoxy groups -OCH3 is 1. The molecule has 162 valence electrons. The number of nitrogens with one attached hydrogen (secondary N) is 2. The van der Waals surface area contributed by atoms with E-state index in [0.29, 0.717) is 17.2 Å². The lowest BCUT2D eigenvalue weighted by atomic mass is 9.96. The molecule has 0 radical (unpaired) electrons. The number of fused-ring (bicyclic) bond motifs is 1. The molecule has 31 heavy (non-hydrogen) atoms. The third-order valence-electron chi connectivity index (χ3n) is 5.37. The van der Waals surface area contributed by atoms with Gasteiger partial charge in [0.25, 0.3) is 0 Å². The number of carbonyl (C=O) groups excluding carboxylic acids is 1. The molecule has 0 fully saturated rings. The number of carbonyl (C=O) groups is 1. The predicted molar refractivity (Wildman–Crippen MR) is 129 cm³/mol. The van der Waals surface area contributed by atoms with Gasteiger partial charge in [-0.25, -0.2) is 4.79 Å². The van der Waals surface area contributed by atoms with Crippen molar-refractivity contribution < 1.29 is 9.53 Å². The van der Waals surface area contributed by atoms with Gasteiger partial charge in [-0.3, -0.25) is 4.68 Å². The lowest BCUT2D eigenvalue weighted by molar-refractivity contribution is 0.0601. The van der Waals surface area contributed by atoms with E-state index in [1.54, 1.807) is 17.5 Å². The van der Waals surface area contributed by atoms with Gasteiger partial charge in [-0.2, -0.15) is 5.10 Å². The van der Waals surface area contributed by atoms with Gasteiger partial charge in [0, 0.05) is 11.1 Å². The van der Waals surface area contributed by atoms with Crippen molar-refractivity contribution in [1.29, 1.82) is 0 Å². The normalized spacial score (nSPS) is 13.6. The van der Waals surface area contributed by atoms with Gasteiger partial charge < -0.3 is 15.4 Å². The summed E-state index contributed by atoms with van der Waals surface area (Å²) in [5, 5.41) is 12.0. The SMILES string of the molecule is COC(=O)c1c(NC(=S)Nc2cnn(Cc3ccccc3)c2)sc2c1CCCCCC2. The van der Waals surface area contributed by atoms with Crippen LogP contribution in [-0.2, 0) is 24.1 Å². The number of benzene rings is 1. The second-order valence-electron chi connectivity index (χ2n) is 7.61. The van der Waals surface area contributed by atoms with Crippen molar-refractivity contribution in [3.05, 3.63) is 64.3 Å². The number of esters is 1. The first-order valence-electron chi connectivity index (χ1n) is 10.5. The average Bonchev–Trinajstić information content (AvgIpc) is 3.32. The van der Waals surface area contributed by atoms with E-state index in [9.17, 15) is 4.79 Å². The van der Waals surface area contributed by atoms with Crippen LogP contribution in [0.3, 0.4) is 0 Å². The molecule has 6 nitrogen and oxygen atoms in total. The predicted octanol–water partition coefficient (Wildman–Crippen LogP) is 5.25. The lowest BCUT2D eigenvalue weighted by Gasteiger charge is -2.11. The molecule has 0 spiro atoms. The fraction of sp³-hybridized carbons (Fsp3) is 0.348. The molecule has 0 atom stereocenters. The quantitative estimate of drug-likeness (QED) is 0.406. The molecule has 0 bridgehead atoms. The van der Waals surface area contributed by atoms with Crippen LogP contribution in [0, 0.1) is 0 Å². The Morgan fingerprint density at radius 2 is 1.94 bits per heavy atom. The lowest BCUT2D eigenvalue weighted by Crippen LogP contribution is -2.20. The molecule has 0 aliphatic heterocycles. The van der Waals surface area contributed by atoms with Gasteiger partial charge in [0.2, 0.25) is 0 Å². The fourth-order valence-corrected chi connectivity index (χ4v) is 5.44. The molecule has 0 amide bonds. The molecule has 2 aromatic heterocycles. The van der Waals surface area contributed by atoms with E-state index < -0.39 is 0 Å². The van der Waals surface area contributed by atoms with E-state index in [1.165, 1.54) is 30.4 Å². The molecule has 1 aliphatic carbocycles. The zero-order valence-corrected chi connectivity index (χ0v) is 19.2. The van der Waals surface area contributed by atoms with E-state index in [2.05, 4.69) is 27.9 Å². The smallest absolute Gasteiger partial charge is 0.341 e. The van der Waals surface area contributed by atoms with Gasteiger partial charge in [0.15, 0.2) is 5.11 Å². The van der Waals surface area contributed by atoms with Crippen molar-refractivity contribution in [2.24, 2.45) is 0 Å². The molecule has 0 unspecified atom stereocenters. The summed E-state index contributed by atoms with van der Waals surface area (Å²) >= 11 is 7.14. The Bertz CT molecular complexity index is 1060. The maximum Gasteiger partial charge on any atom is 0.341 e. The van der Waals surface area contributed by atoms with Gasteiger partial charge in [0.05, 0.1) is 31.1 Å². The first-order valence-corrected chi connectivity index (χ1v) is 11.7. The van der Waals surface area contributed by atoms with E-state index >= 15 is 0 Å². The van der Waals surface area contributed by atoms with Crippen molar-refractivity contribution in [2.45, 2.75) is 45.1 Å². The topological polar surface area (TPSA) is 68.2 Å². The minimum Gasteiger partial charge on any atom is -0.465 e. The Labute approximate surface area is 191 Å². The van der Waals surface area contributed by atoms with Crippen LogP contribution in [0.25, 0.3) is 0 Å². The van der Waals surface area contributed by atoms with Gasteiger partial charge in [0.1, 0.15) is 5.00 Å². The highest BCUT2D eigenvalue weighted by Crippen LogP contribution is 2.37. The van der Waals surface area contributed by atoms with Crippen molar-refractivity contribution in [3.63, 3.8) is 0 Å². The largest absolute Gasteiger partial charge is 0.465 e. The van der Waals surface area contributed by atoms with Gasteiger partial charge in [-0.1, -0.05) is 43.2 Å². The highest BCUT2D eigenvalue weighted by Gasteiger charge is 2.25. The number of ether oxygens (including phenoxy) is 1. The highest BCUT2D eigenvalue weighted by molar-refractivity contribution is 7.80. The summed E-state index contributed by atoms with van der Waals surface area (Å²) in [4.78, 5) is 13.8. The van der Waals surface area contributed by atoms with Crippen LogP contribution >= 0.6 is 23.6 Å². The summed E-state index contributed by atoms with van der Waals surface area (Å²) in [5.74, 6) is -0.306. The van der Waals surface area contributed by atoms with Crippen molar-refractivity contribution >= 4 is 45.3 Å². The first kappa shape index (κ1) is 21.5. The molecular formula is C23H26N4O2S2. The molecule has 0 saturated heterocycles. The molecular weight excluding hydrogens is 428 g/mol. The van der Waals surface area contributed by atoms with Crippen molar-refractivity contribution in [2.75, 3.05) is 17.7 Å². The third kappa shape index (κ3) is 5.32. The van der Waals surface area contributed by atoms with Crippen LogP contribution in [0.1, 0.15) is 52.0 Å². The zero-order valence-electron chi connectivity index (χ0n) is 17.5. The van der Waals surface area contributed by atoms with E-state index in [1.807, 2.05) is 29.1 Å². The second-order valence-corrected chi connectivity index (χ2v) is 9.12. The molecule has 4 rings (SSSR count). The van der Waals surface area contributed by atoms with Crippen molar-refractivity contribution in [3.8, 4) is 0 Å². The fourth-order valence-electron chi connectivity index (χ4n) is 3.88. The van der Waals surface area contributed by atoms with Crippen molar-refractivity contribution in [1.82, 2.24) is 9.78 Å². The van der Waals surface area contributed by atoms with Crippen LogP contribution in [0.2, 0.25) is 0 Å². The second kappa shape index (κ2) is 10.1. The molecule has 3 aromatic rings. The standard InChI is InChI=1S/C23H26N4O2S2/c1-29-22(28)20-18-11-7-2-3-8-12-19(18)31-21(20)26-23(30)25-17-13-24-27(15-17)14-16-9-5-4-6-10-16/h4-6,9-10,13,15H,2-3,7-8,11-12,14H2,1H3,(H2,25,26,30). The number of hydrogen-bond acceptors (Lipinski definition) is 5. The van der Waals surface area contributed by atoms with Gasteiger partial charge >= 0.3 is 5.97 Å². The molecule has 1 aliphatic rings. The first-order chi connectivity index (χ1) is 15.1. The van der Waals surface area contributed by atoms with Crippen LogP contribution in [0.4, 0.5) is 10.7 Å². The maximum atomic E-state index is 12.5. The van der Waals surface area contributed by atoms with E-state index in [0.717, 1.165) is 41.9 Å².